The summed E-state index contributed by atoms with van der Waals surface area (Å²) in [6.45, 7) is 1.50. The van der Waals surface area contributed by atoms with Gasteiger partial charge in [-0.3, -0.25) is 9.59 Å². The number of piperidine rings is 1. The number of hydrogen-bond donors (Lipinski definition) is 0. The predicted octanol–water partition coefficient (Wildman–Crippen LogP) is 5.42. The van der Waals surface area contributed by atoms with Gasteiger partial charge in [-0.25, -0.2) is 4.90 Å². The molecule has 4 nitrogen and oxygen atoms in total. The van der Waals surface area contributed by atoms with Crippen LogP contribution in [0, 0.1) is 0 Å². The first-order valence-electron chi connectivity index (χ1n) is 9.06. The summed E-state index contributed by atoms with van der Waals surface area (Å²) in [5, 5.41) is 1.23. The van der Waals surface area contributed by atoms with Crippen molar-refractivity contribution in [2.24, 2.45) is 0 Å². The fourth-order valence-electron chi connectivity index (χ4n) is 3.66. The lowest BCUT2D eigenvalue weighted by Crippen LogP contribution is -2.37. The van der Waals surface area contributed by atoms with E-state index in [1.165, 1.54) is 11.0 Å². The van der Waals surface area contributed by atoms with Crippen molar-refractivity contribution in [3.63, 3.8) is 0 Å². The second kappa shape index (κ2) is 7.78. The zero-order valence-electron chi connectivity index (χ0n) is 14.9. The number of anilines is 1. The number of halogens is 3. The van der Waals surface area contributed by atoms with Crippen LogP contribution in [0.4, 0.5) is 5.69 Å². The summed E-state index contributed by atoms with van der Waals surface area (Å²) in [4.78, 5) is 29.9. The van der Waals surface area contributed by atoms with E-state index in [2.05, 4.69) is 0 Å². The maximum absolute atomic E-state index is 13.4. The summed E-state index contributed by atoms with van der Waals surface area (Å²) in [7, 11) is 0. The Hall–Kier alpha value is -2.01. The minimum absolute atomic E-state index is 0.291. The standard InChI is InChI=1S/C21H17Cl3N2O2/c22-14-6-4-13(5-7-14)18-19(25-10-2-1-3-11-25)21(28)26(20(18)27)15-8-9-16(23)17(24)12-15/h4-9,12H,1-3,10-11H2. The lowest BCUT2D eigenvalue weighted by Gasteiger charge is -2.29. The molecule has 2 aromatic carbocycles. The van der Waals surface area contributed by atoms with E-state index in [0.29, 0.717) is 37.6 Å². The van der Waals surface area contributed by atoms with Gasteiger partial charge in [0.2, 0.25) is 0 Å². The largest absolute Gasteiger partial charge is 0.366 e. The molecule has 4 rings (SSSR count). The van der Waals surface area contributed by atoms with E-state index in [9.17, 15) is 9.59 Å². The van der Waals surface area contributed by atoms with E-state index >= 15 is 0 Å². The number of benzene rings is 2. The molecule has 0 aromatic heterocycles. The van der Waals surface area contributed by atoms with Crippen molar-refractivity contribution in [1.82, 2.24) is 4.90 Å². The Kier molecular flexibility index (Phi) is 5.37. The zero-order chi connectivity index (χ0) is 19.8. The maximum atomic E-state index is 13.4. The molecular weight excluding hydrogens is 419 g/mol. The number of carbonyl (C=O) groups excluding carboxylic acids is 2. The van der Waals surface area contributed by atoms with Gasteiger partial charge in [0.15, 0.2) is 0 Å². The van der Waals surface area contributed by atoms with Gasteiger partial charge in [-0.2, -0.15) is 0 Å². The van der Waals surface area contributed by atoms with Gasteiger partial charge >= 0.3 is 0 Å². The second-order valence-electron chi connectivity index (χ2n) is 6.82. The van der Waals surface area contributed by atoms with E-state index in [-0.39, 0.29) is 11.8 Å². The SMILES string of the molecule is O=C1C(c2ccc(Cl)cc2)=C(N2CCCCC2)C(=O)N1c1ccc(Cl)c(Cl)c1. The number of carbonyl (C=O) groups is 2. The van der Waals surface area contributed by atoms with Gasteiger partial charge < -0.3 is 4.90 Å². The zero-order valence-corrected chi connectivity index (χ0v) is 17.2. The molecule has 0 spiro atoms. The fourth-order valence-corrected chi connectivity index (χ4v) is 4.08. The minimum Gasteiger partial charge on any atom is -0.366 e. The molecule has 2 aliphatic heterocycles. The molecule has 0 saturated carbocycles. The molecule has 1 fully saturated rings. The van der Waals surface area contributed by atoms with E-state index in [1.807, 2.05) is 4.90 Å². The average molecular weight is 436 g/mol. The predicted molar refractivity (Wildman–Crippen MR) is 113 cm³/mol. The van der Waals surface area contributed by atoms with E-state index in [0.717, 1.165) is 32.4 Å². The Balaban J connectivity index is 1.82. The third-order valence-electron chi connectivity index (χ3n) is 5.03. The number of nitrogens with zero attached hydrogens (tertiary/aromatic N) is 2. The van der Waals surface area contributed by atoms with Crippen LogP contribution in [0.3, 0.4) is 0 Å². The van der Waals surface area contributed by atoms with Crippen molar-refractivity contribution in [3.8, 4) is 0 Å². The Morgan fingerprint density at radius 1 is 0.750 bits per heavy atom. The monoisotopic (exact) mass is 434 g/mol. The molecule has 2 aromatic rings. The first-order chi connectivity index (χ1) is 13.5. The molecule has 1 saturated heterocycles. The molecule has 0 unspecified atom stereocenters. The lowest BCUT2D eigenvalue weighted by molar-refractivity contribution is -0.120. The van der Waals surface area contributed by atoms with Gasteiger partial charge in [0, 0.05) is 18.1 Å². The summed E-state index contributed by atoms with van der Waals surface area (Å²) in [5.74, 6) is -0.707. The highest BCUT2D eigenvalue weighted by Gasteiger charge is 2.42. The molecule has 2 amide bonds. The normalized spacial score (nSPS) is 17.7. The summed E-state index contributed by atoms with van der Waals surface area (Å²) >= 11 is 18.1. The first kappa shape index (κ1) is 19.3. The van der Waals surface area contributed by atoms with Crippen molar-refractivity contribution in [3.05, 3.63) is 68.8 Å². The van der Waals surface area contributed by atoms with Crippen LogP contribution >= 0.6 is 34.8 Å². The summed E-state index contributed by atoms with van der Waals surface area (Å²) in [5.41, 5.74) is 1.92. The van der Waals surface area contributed by atoms with Crippen molar-refractivity contribution in [2.45, 2.75) is 19.3 Å². The van der Waals surface area contributed by atoms with Crippen LogP contribution in [0.5, 0.6) is 0 Å². The number of hydrogen-bond acceptors (Lipinski definition) is 3. The minimum atomic E-state index is -0.369. The third kappa shape index (κ3) is 3.41. The molecular formula is C21H17Cl3N2O2. The van der Waals surface area contributed by atoms with E-state index in [4.69, 9.17) is 34.8 Å². The number of rotatable bonds is 3. The summed E-state index contributed by atoms with van der Waals surface area (Å²) in [6.07, 6.45) is 3.11. The third-order valence-corrected chi connectivity index (χ3v) is 6.02. The summed E-state index contributed by atoms with van der Waals surface area (Å²) in [6, 6.07) is 11.7. The molecule has 0 radical (unpaired) electrons. The Morgan fingerprint density at radius 2 is 1.43 bits per heavy atom. The van der Waals surface area contributed by atoms with Gasteiger partial charge in [0.1, 0.15) is 5.70 Å². The molecule has 28 heavy (non-hydrogen) atoms. The Labute approximate surface area is 178 Å². The van der Waals surface area contributed by atoms with Crippen LogP contribution in [0.25, 0.3) is 5.57 Å². The van der Waals surface area contributed by atoms with Crippen LogP contribution in [-0.4, -0.2) is 29.8 Å². The molecule has 2 heterocycles. The van der Waals surface area contributed by atoms with Gasteiger partial charge in [-0.05, 0) is 55.2 Å². The lowest BCUT2D eigenvalue weighted by atomic mass is 10.0. The smallest absolute Gasteiger partial charge is 0.282 e. The molecule has 7 heteroatoms. The molecule has 0 atom stereocenters. The quantitative estimate of drug-likeness (QED) is 0.605. The Morgan fingerprint density at radius 3 is 2.07 bits per heavy atom. The highest BCUT2D eigenvalue weighted by atomic mass is 35.5. The number of likely N-dealkylation sites (tertiary alicyclic amines) is 1. The highest BCUT2D eigenvalue weighted by molar-refractivity contribution is 6.46. The molecule has 0 bridgehead atoms. The second-order valence-corrected chi connectivity index (χ2v) is 8.07. The molecule has 144 valence electrons. The van der Waals surface area contributed by atoms with Crippen LogP contribution in [0.1, 0.15) is 24.8 Å². The van der Waals surface area contributed by atoms with Crippen LogP contribution in [-0.2, 0) is 9.59 Å². The highest BCUT2D eigenvalue weighted by Crippen LogP contribution is 2.37. The molecule has 0 N–H and O–H groups in total. The van der Waals surface area contributed by atoms with Crippen LogP contribution in [0.15, 0.2) is 48.2 Å². The number of imide groups is 1. The van der Waals surface area contributed by atoms with Gasteiger partial charge in [-0.1, -0.05) is 46.9 Å². The molecule has 2 aliphatic rings. The van der Waals surface area contributed by atoms with Crippen LogP contribution < -0.4 is 4.90 Å². The van der Waals surface area contributed by atoms with E-state index in [1.54, 1.807) is 36.4 Å². The maximum Gasteiger partial charge on any atom is 0.282 e. The fraction of sp³-hybridized carbons (Fsp3) is 0.238. The van der Waals surface area contributed by atoms with Crippen molar-refractivity contribution in [1.29, 1.82) is 0 Å². The topological polar surface area (TPSA) is 40.6 Å². The van der Waals surface area contributed by atoms with Crippen molar-refractivity contribution in [2.75, 3.05) is 18.0 Å². The van der Waals surface area contributed by atoms with Gasteiger partial charge in [-0.15, -0.1) is 0 Å². The van der Waals surface area contributed by atoms with Gasteiger partial charge in [0.25, 0.3) is 11.8 Å². The Bertz CT molecular complexity index is 980. The first-order valence-corrected chi connectivity index (χ1v) is 10.2. The van der Waals surface area contributed by atoms with Crippen molar-refractivity contribution >= 4 is 57.9 Å². The summed E-state index contributed by atoms with van der Waals surface area (Å²) < 4.78 is 0. The van der Waals surface area contributed by atoms with Gasteiger partial charge in [0.05, 0.1) is 21.3 Å². The number of amides is 2. The average Bonchev–Trinajstić information content (AvgIpc) is 2.96. The van der Waals surface area contributed by atoms with Crippen LogP contribution in [0.2, 0.25) is 15.1 Å². The van der Waals surface area contributed by atoms with E-state index < -0.39 is 0 Å². The molecule has 0 aliphatic carbocycles. The van der Waals surface area contributed by atoms with Crippen molar-refractivity contribution < 1.29 is 9.59 Å².